The highest BCUT2D eigenvalue weighted by Gasteiger charge is 2.17. The standard InChI is InChI=1S/C7H13NO.BrH.Mg/c8-7(9)6-4-2-1-3-5-6;;/h6H,1-5H2,(H2,8,9);1H;/q;;+3/p-1. The number of hydrogen-bond acceptors (Lipinski definition) is 1. The molecule has 0 aliphatic heterocycles. The van der Waals surface area contributed by atoms with Gasteiger partial charge in [0.1, 0.15) is 0 Å². The van der Waals surface area contributed by atoms with E-state index in [1.165, 1.54) is 19.3 Å². The lowest BCUT2D eigenvalue weighted by atomic mass is 9.89. The molecular weight excluding hydrogens is 218 g/mol. The van der Waals surface area contributed by atoms with Crippen LogP contribution in [0.5, 0.6) is 0 Å². The molecule has 0 unspecified atom stereocenters. The van der Waals surface area contributed by atoms with Crippen molar-refractivity contribution in [2.24, 2.45) is 11.7 Å². The Morgan fingerprint density at radius 2 is 1.73 bits per heavy atom. The number of primary amides is 1. The van der Waals surface area contributed by atoms with Crippen LogP contribution in [0.25, 0.3) is 0 Å². The highest BCUT2D eigenvalue weighted by atomic mass is 79.9. The number of nitrogens with two attached hydrogens (primary N) is 1. The molecule has 1 aliphatic rings. The van der Waals surface area contributed by atoms with E-state index in [0.29, 0.717) is 0 Å². The molecule has 1 saturated carbocycles. The van der Waals surface area contributed by atoms with E-state index in [2.05, 4.69) is 12.9 Å². The molecule has 0 aromatic carbocycles. The van der Waals surface area contributed by atoms with Gasteiger partial charge in [-0.05, 0) is 12.8 Å². The van der Waals surface area contributed by atoms with Gasteiger partial charge in [0, 0.05) is 5.92 Å². The van der Waals surface area contributed by atoms with Crippen molar-refractivity contribution in [1.82, 2.24) is 0 Å². The molecule has 0 saturated heterocycles. The van der Waals surface area contributed by atoms with Gasteiger partial charge in [0.25, 0.3) is 0 Å². The second-order valence-corrected chi connectivity index (χ2v) is 2.74. The van der Waals surface area contributed by atoms with Crippen LogP contribution < -0.4 is 5.73 Å². The van der Waals surface area contributed by atoms with E-state index in [4.69, 9.17) is 5.73 Å². The maximum absolute atomic E-state index is 10.6. The van der Waals surface area contributed by atoms with Gasteiger partial charge in [0.05, 0.1) is 0 Å². The van der Waals surface area contributed by atoms with Crippen LogP contribution in [0.3, 0.4) is 0 Å². The molecule has 1 aliphatic carbocycles. The summed E-state index contributed by atoms with van der Waals surface area (Å²) in [6.07, 6.45) is 5.70. The van der Waals surface area contributed by atoms with Crippen LogP contribution >= 0.6 is 12.9 Å². The van der Waals surface area contributed by atoms with E-state index in [1.807, 2.05) is 0 Å². The van der Waals surface area contributed by atoms with Crippen LogP contribution in [-0.4, -0.2) is 25.4 Å². The topological polar surface area (TPSA) is 43.1 Å². The zero-order chi connectivity index (χ0) is 8.69. The number of carbonyl (C=O) groups excluding carboxylic acids is 1. The van der Waals surface area contributed by atoms with Crippen molar-refractivity contribution in [3.8, 4) is 0 Å². The Morgan fingerprint density at radius 3 is 2.00 bits per heavy atom. The van der Waals surface area contributed by atoms with Crippen LogP contribution in [-0.2, 0) is 4.79 Å². The molecule has 0 heterocycles. The second-order valence-electron chi connectivity index (χ2n) is 2.74. The molecule has 2 nitrogen and oxygen atoms in total. The highest BCUT2D eigenvalue weighted by Crippen LogP contribution is 2.22. The van der Waals surface area contributed by atoms with Crippen molar-refractivity contribution in [3.05, 3.63) is 0 Å². The average Bonchev–Trinajstić information content (AvgIpc) is 2.10. The van der Waals surface area contributed by atoms with Crippen molar-refractivity contribution >= 4 is 38.3 Å². The fraction of sp³-hybridized carbons (Fsp3) is 0.857. The summed E-state index contributed by atoms with van der Waals surface area (Å²) in [7, 11) is 0. The summed E-state index contributed by atoms with van der Waals surface area (Å²) in [6, 6.07) is 0. The van der Waals surface area contributed by atoms with Crippen LogP contribution in [0.1, 0.15) is 32.1 Å². The summed E-state index contributed by atoms with van der Waals surface area (Å²) in [5.74, 6) is 0.0912. The quantitative estimate of drug-likeness (QED) is 0.683. The third-order valence-electron chi connectivity index (χ3n) is 2.01. The normalized spacial score (nSPS) is 18.4. The predicted octanol–water partition coefficient (Wildman–Crippen LogP) is 1.52. The lowest BCUT2D eigenvalue weighted by Crippen LogP contribution is -2.24. The summed E-state index contributed by atoms with van der Waals surface area (Å²) in [5, 5.41) is 0. The lowest BCUT2D eigenvalue weighted by molar-refractivity contribution is -0.122. The molecule has 59 valence electrons. The Labute approximate surface area is 86.6 Å². The first kappa shape index (κ1) is 11.7. The van der Waals surface area contributed by atoms with E-state index in [-0.39, 0.29) is 11.8 Å². The van der Waals surface area contributed by atoms with Crippen LogP contribution in [0.2, 0.25) is 0 Å². The minimum absolute atomic E-state index is 0.102. The Hall–Kier alpha value is 0.716. The smallest absolute Gasteiger partial charge is 0.369 e. The Morgan fingerprint density at radius 1 is 1.27 bits per heavy atom. The van der Waals surface area contributed by atoms with Crippen LogP contribution in [0.4, 0.5) is 0 Å². The molecule has 0 atom stereocenters. The first-order valence-electron chi connectivity index (χ1n) is 3.87. The molecule has 1 rings (SSSR count). The van der Waals surface area contributed by atoms with Gasteiger partial charge >= 0.3 is 32.4 Å². The summed E-state index contributed by atoms with van der Waals surface area (Å²) in [6.45, 7) is 0. The molecule has 2 N–H and O–H groups in total. The zero-order valence-corrected chi connectivity index (χ0v) is 9.68. The SMILES string of the molecule is NC(=O)C1CCCCC1.[Mg+2][Br]. The molecule has 0 spiro atoms. The van der Waals surface area contributed by atoms with E-state index >= 15 is 0 Å². The molecule has 4 heteroatoms. The van der Waals surface area contributed by atoms with Crippen molar-refractivity contribution in [3.63, 3.8) is 0 Å². The average molecular weight is 231 g/mol. The van der Waals surface area contributed by atoms with E-state index in [9.17, 15) is 4.79 Å². The highest BCUT2D eigenvalue weighted by molar-refractivity contribution is 9.22. The first-order valence-corrected chi connectivity index (χ1v) is 7.76. The largest absolute Gasteiger partial charge is 1.52 e. The fourth-order valence-electron chi connectivity index (χ4n) is 1.39. The molecule has 7 radical (unpaired) electrons. The predicted molar refractivity (Wildman–Crippen MR) is 50.5 cm³/mol. The monoisotopic (exact) mass is 230 g/mol. The minimum atomic E-state index is -0.102. The second kappa shape index (κ2) is 7.37. The lowest BCUT2D eigenvalue weighted by Gasteiger charge is -2.17. The minimum Gasteiger partial charge on any atom is -0.369 e. The van der Waals surface area contributed by atoms with Gasteiger partial charge in [-0.1, -0.05) is 19.3 Å². The summed E-state index contributed by atoms with van der Waals surface area (Å²) in [4.78, 5) is 10.6. The fourth-order valence-corrected chi connectivity index (χ4v) is 1.39. The van der Waals surface area contributed by atoms with Crippen LogP contribution in [0, 0.1) is 5.92 Å². The van der Waals surface area contributed by atoms with Gasteiger partial charge in [-0.25, -0.2) is 0 Å². The molecule has 1 amide bonds. The van der Waals surface area contributed by atoms with Gasteiger partial charge in [-0.2, -0.15) is 0 Å². The van der Waals surface area contributed by atoms with Crippen molar-refractivity contribution < 1.29 is 4.79 Å². The van der Waals surface area contributed by atoms with E-state index in [0.717, 1.165) is 12.8 Å². The maximum atomic E-state index is 10.6. The Bertz CT molecular complexity index is 115. The van der Waals surface area contributed by atoms with Gasteiger partial charge < -0.3 is 5.73 Å². The number of amides is 1. The third-order valence-corrected chi connectivity index (χ3v) is 2.01. The van der Waals surface area contributed by atoms with Crippen molar-refractivity contribution in [2.75, 3.05) is 0 Å². The van der Waals surface area contributed by atoms with Crippen molar-refractivity contribution in [2.45, 2.75) is 32.1 Å². The summed E-state index contributed by atoms with van der Waals surface area (Å²) < 4.78 is 0. The molecule has 0 aromatic heterocycles. The van der Waals surface area contributed by atoms with Gasteiger partial charge in [0.2, 0.25) is 5.91 Å². The number of halogens is 1. The summed E-state index contributed by atoms with van der Waals surface area (Å²) >= 11 is 4.64. The molecular formula is C7H13BrMgNO+2. The first-order chi connectivity index (χ1) is 5.30. The van der Waals surface area contributed by atoms with Gasteiger partial charge in [-0.15, -0.1) is 0 Å². The van der Waals surface area contributed by atoms with Crippen molar-refractivity contribution in [1.29, 1.82) is 0 Å². The zero-order valence-electron chi connectivity index (χ0n) is 6.68. The maximum Gasteiger partial charge on any atom is 1.52 e. The molecule has 0 aromatic rings. The van der Waals surface area contributed by atoms with Gasteiger partial charge in [0.15, 0.2) is 0 Å². The van der Waals surface area contributed by atoms with Gasteiger partial charge in [-0.3, -0.25) is 4.79 Å². The molecule has 0 bridgehead atoms. The number of rotatable bonds is 1. The molecule has 11 heavy (non-hydrogen) atoms. The number of hydrogen-bond donors (Lipinski definition) is 1. The molecule has 1 fully saturated rings. The Balaban J connectivity index is 0.000000461. The summed E-state index contributed by atoms with van der Waals surface area (Å²) in [5.41, 5.74) is 5.13. The van der Waals surface area contributed by atoms with Crippen LogP contribution in [0.15, 0.2) is 0 Å². The van der Waals surface area contributed by atoms with E-state index in [1.54, 1.807) is 19.5 Å². The Kier molecular flexibility index (Phi) is 7.85. The third kappa shape index (κ3) is 5.03. The van der Waals surface area contributed by atoms with E-state index < -0.39 is 0 Å². The number of carbonyl (C=O) groups is 1.